The van der Waals surface area contributed by atoms with Gasteiger partial charge in [0.1, 0.15) is 5.65 Å². The number of methoxy groups -OCH3 is 2. The Hall–Kier alpha value is -4.13. The van der Waals surface area contributed by atoms with Gasteiger partial charge in [-0.05, 0) is 42.0 Å². The zero-order chi connectivity index (χ0) is 21.4. The molecule has 3 aromatic heterocycles. The van der Waals surface area contributed by atoms with Crippen LogP contribution < -0.4 is 15.0 Å². The van der Waals surface area contributed by atoms with Crippen LogP contribution in [0.1, 0.15) is 11.3 Å². The lowest BCUT2D eigenvalue weighted by atomic mass is 10.1. The fourth-order valence-corrected chi connectivity index (χ4v) is 3.91. The maximum Gasteiger partial charge on any atom is 0.268 e. The van der Waals surface area contributed by atoms with Gasteiger partial charge in [-0.1, -0.05) is 24.3 Å². The van der Waals surface area contributed by atoms with E-state index in [9.17, 15) is 4.79 Å². The molecule has 0 radical (unpaired) electrons. The summed E-state index contributed by atoms with van der Waals surface area (Å²) in [5, 5.41) is 8.95. The van der Waals surface area contributed by atoms with Gasteiger partial charge in [-0.3, -0.25) is 14.5 Å². The van der Waals surface area contributed by atoms with Crippen molar-refractivity contribution in [2.75, 3.05) is 14.2 Å². The van der Waals surface area contributed by atoms with E-state index in [-0.39, 0.29) is 5.56 Å². The van der Waals surface area contributed by atoms with Crippen LogP contribution in [0.2, 0.25) is 0 Å². The molecule has 0 saturated carbocycles. The minimum atomic E-state index is -0.156. The Morgan fingerprint density at radius 1 is 0.968 bits per heavy atom. The van der Waals surface area contributed by atoms with Crippen molar-refractivity contribution in [1.82, 2.24) is 19.7 Å². The first-order valence-corrected chi connectivity index (χ1v) is 9.84. The van der Waals surface area contributed by atoms with Crippen molar-refractivity contribution in [3.8, 4) is 17.2 Å². The number of rotatable bonds is 5. The standard InChI is InChI=1S/C24H20N4O3/c1-30-19-11-10-15(14-20(19)31-2)13-18-21-22(27-26-18)17-9-6-12-25-23(17)28(24(21)29)16-7-4-3-5-8-16/h3-12,14H,13H2,1-2H3,(H,26,27). The summed E-state index contributed by atoms with van der Waals surface area (Å²) in [6, 6.07) is 19.0. The molecule has 0 spiro atoms. The Morgan fingerprint density at radius 2 is 1.77 bits per heavy atom. The molecule has 0 atom stereocenters. The minimum Gasteiger partial charge on any atom is -0.493 e. The number of aromatic nitrogens is 4. The molecule has 0 aliphatic rings. The molecule has 0 bridgehead atoms. The van der Waals surface area contributed by atoms with Crippen molar-refractivity contribution >= 4 is 21.9 Å². The molecule has 7 nitrogen and oxygen atoms in total. The molecule has 154 valence electrons. The van der Waals surface area contributed by atoms with E-state index in [2.05, 4.69) is 15.2 Å². The van der Waals surface area contributed by atoms with Crippen LogP contribution in [0.3, 0.4) is 0 Å². The fraction of sp³-hybridized carbons (Fsp3) is 0.125. The Morgan fingerprint density at radius 3 is 2.55 bits per heavy atom. The molecular weight excluding hydrogens is 392 g/mol. The third kappa shape index (κ3) is 3.11. The summed E-state index contributed by atoms with van der Waals surface area (Å²) < 4.78 is 12.4. The quantitative estimate of drug-likeness (QED) is 0.474. The summed E-state index contributed by atoms with van der Waals surface area (Å²) in [6.45, 7) is 0. The van der Waals surface area contributed by atoms with Gasteiger partial charge < -0.3 is 9.47 Å². The smallest absolute Gasteiger partial charge is 0.268 e. The van der Waals surface area contributed by atoms with E-state index in [1.165, 1.54) is 0 Å². The molecule has 0 unspecified atom stereocenters. The van der Waals surface area contributed by atoms with Crippen molar-refractivity contribution in [1.29, 1.82) is 0 Å². The first-order chi connectivity index (χ1) is 15.2. The van der Waals surface area contributed by atoms with Gasteiger partial charge in [-0.25, -0.2) is 4.98 Å². The predicted molar refractivity (Wildman–Crippen MR) is 119 cm³/mol. The van der Waals surface area contributed by atoms with E-state index >= 15 is 0 Å². The molecule has 0 aliphatic carbocycles. The second kappa shape index (κ2) is 7.60. The normalized spacial score (nSPS) is 11.2. The molecule has 0 aliphatic heterocycles. The number of para-hydroxylation sites is 1. The Bertz CT molecular complexity index is 1450. The summed E-state index contributed by atoms with van der Waals surface area (Å²) in [5.41, 5.74) is 3.52. The molecule has 5 aromatic rings. The summed E-state index contributed by atoms with van der Waals surface area (Å²) >= 11 is 0. The molecule has 0 fully saturated rings. The number of hydrogen-bond donors (Lipinski definition) is 1. The van der Waals surface area contributed by atoms with Crippen LogP contribution >= 0.6 is 0 Å². The van der Waals surface area contributed by atoms with E-state index in [1.54, 1.807) is 25.0 Å². The van der Waals surface area contributed by atoms with Gasteiger partial charge in [0.15, 0.2) is 11.5 Å². The highest BCUT2D eigenvalue weighted by Gasteiger charge is 2.19. The first kappa shape index (κ1) is 18.9. The number of ether oxygens (including phenoxy) is 2. The number of pyridine rings is 2. The average Bonchev–Trinajstić information content (AvgIpc) is 3.24. The highest BCUT2D eigenvalue weighted by atomic mass is 16.5. The Kier molecular flexibility index (Phi) is 4.63. The van der Waals surface area contributed by atoms with E-state index < -0.39 is 0 Å². The molecule has 0 saturated heterocycles. The van der Waals surface area contributed by atoms with Gasteiger partial charge >= 0.3 is 0 Å². The lowest BCUT2D eigenvalue weighted by Crippen LogP contribution is -2.20. The average molecular weight is 412 g/mol. The Balaban J connectivity index is 1.74. The van der Waals surface area contributed by atoms with Crippen molar-refractivity contribution in [3.05, 3.63) is 88.5 Å². The molecule has 31 heavy (non-hydrogen) atoms. The van der Waals surface area contributed by atoms with E-state index in [1.807, 2.05) is 60.7 Å². The van der Waals surface area contributed by atoms with Crippen molar-refractivity contribution in [2.24, 2.45) is 0 Å². The van der Waals surface area contributed by atoms with Crippen LogP contribution in [0, 0.1) is 0 Å². The lowest BCUT2D eigenvalue weighted by molar-refractivity contribution is 0.354. The van der Waals surface area contributed by atoms with E-state index in [0.29, 0.717) is 40.2 Å². The fourth-order valence-electron chi connectivity index (χ4n) is 3.91. The van der Waals surface area contributed by atoms with Gasteiger partial charge in [-0.2, -0.15) is 5.10 Å². The predicted octanol–water partition coefficient (Wildman–Crippen LogP) is 3.87. The first-order valence-electron chi connectivity index (χ1n) is 9.84. The number of aromatic amines is 1. The summed E-state index contributed by atoms with van der Waals surface area (Å²) in [6.07, 6.45) is 2.16. The number of nitrogens with zero attached hydrogens (tertiary/aromatic N) is 3. The number of nitrogens with one attached hydrogen (secondary N) is 1. The molecule has 3 heterocycles. The largest absolute Gasteiger partial charge is 0.493 e. The van der Waals surface area contributed by atoms with E-state index in [0.717, 1.165) is 16.6 Å². The zero-order valence-electron chi connectivity index (χ0n) is 17.1. The lowest BCUT2D eigenvalue weighted by Gasteiger charge is -2.11. The number of hydrogen-bond acceptors (Lipinski definition) is 5. The number of fused-ring (bicyclic) bond motifs is 3. The van der Waals surface area contributed by atoms with Gasteiger partial charge in [0.25, 0.3) is 5.56 Å². The molecule has 5 rings (SSSR count). The van der Waals surface area contributed by atoms with Crippen molar-refractivity contribution in [3.63, 3.8) is 0 Å². The maximum atomic E-state index is 13.7. The number of benzene rings is 2. The molecule has 2 aromatic carbocycles. The molecule has 7 heteroatoms. The van der Waals surface area contributed by atoms with Crippen molar-refractivity contribution < 1.29 is 9.47 Å². The van der Waals surface area contributed by atoms with Crippen LogP contribution in [-0.4, -0.2) is 34.0 Å². The molecule has 1 N–H and O–H groups in total. The van der Waals surface area contributed by atoms with Crippen LogP contribution in [0.25, 0.3) is 27.6 Å². The van der Waals surface area contributed by atoms with E-state index in [4.69, 9.17) is 9.47 Å². The number of H-pyrrole nitrogens is 1. The van der Waals surface area contributed by atoms with Crippen LogP contribution in [0.4, 0.5) is 0 Å². The van der Waals surface area contributed by atoms with Crippen LogP contribution in [0.5, 0.6) is 11.5 Å². The highest BCUT2D eigenvalue weighted by Crippen LogP contribution is 2.30. The van der Waals surface area contributed by atoms with Crippen molar-refractivity contribution in [2.45, 2.75) is 6.42 Å². The molecular formula is C24H20N4O3. The molecule has 0 amide bonds. The maximum absolute atomic E-state index is 13.7. The van der Waals surface area contributed by atoms with Crippen LogP contribution in [0.15, 0.2) is 71.7 Å². The van der Waals surface area contributed by atoms with Gasteiger partial charge in [0.05, 0.1) is 36.5 Å². The van der Waals surface area contributed by atoms with Crippen LogP contribution in [-0.2, 0) is 6.42 Å². The van der Waals surface area contributed by atoms with Gasteiger partial charge in [0, 0.05) is 18.0 Å². The van der Waals surface area contributed by atoms with Gasteiger partial charge in [0.2, 0.25) is 0 Å². The monoisotopic (exact) mass is 412 g/mol. The Labute approximate surface area is 177 Å². The minimum absolute atomic E-state index is 0.156. The summed E-state index contributed by atoms with van der Waals surface area (Å²) in [5.74, 6) is 1.29. The van der Waals surface area contributed by atoms with Gasteiger partial charge in [-0.15, -0.1) is 0 Å². The SMILES string of the molecule is COc1ccc(Cc2n[nH]c3c2c(=O)n(-c2ccccc2)c2ncccc32)cc1OC. The second-order valence-electron chi connectivity index (χ2n) is 7.14. The third-order valence-corrected chi connectivity index (χ3v) is 5.36. The topological polar surface area (TPSA) is 82.0 Å². The second-order valence-corrected chi connectivity index (χ2v) is 7.14. The third-order valence-electron chi connectivity index (χ3n) is 5.36. The summed E-state index contributed by atoms with van der Waals surface area (Å²) in [4.78, 5) is 18.1. The highest BCUT2D eigenvalue weighted by molar-refractivity contribution is 6.03. The summed E-state index contributed by atoms with van der Waals surface area (Å²) in [7, 11) is 3.20. The zero-order valence-corrected chi connectivity index (χ0v) is 17.1.